The van der Waals surface area contributed by atoms with Crippen molar-refractivity contribution in [2.24, 2.45) is 0 Å². The largest absolute Gasteiger partial charge is 0.492 e. The van der Waals surface area contributed by atoms with Crippen molar-refractivity contribution >= 4 is 11.7 Å². The monoisotopic (exact) mass is 398 g/mol. The number of fused-ring (bicyclic) bond motifs is 1. The molecule has 2 aromatic rings. The van der Waals surface area contributed by atoms with Gasteiger partial charge in [0.1, 0.15) is 11.5 Å². The maximum atomic E-state index is 12.6. The Labute approximate surface area is 169 Å². The van der Waals surface area contributed by atoms with Gasteiger partial charge in [-0.15, -0.1) is 0 Å². The number of carbonyl (C=O) groups excluding carboxylic acids is 1. The molecule has 1 atom stereocenters. The highest BCUT2D eigenvalue weighted by Crippen LogP contribution is 2.47. The summed E-state index contributed by atoms with van der Waals surface area (Å²) in [6.45, 7) is 11.7. The smallest absolute Gasteiger partial charge is 0.251 e. The molecule has 8 nitrogen and oxygen atoms in total. The fourth-order valence-electron chi connectivity index (χ4n) is 4.00. The van der Waals surface area contributed by atoms with Gasteiger partial charge in [0.2, 0.25) is 11.7 Å². The van der Waals surface area contributed by atoms with E-state index in [0.717, 1.165) is 16.9 Å². The van der Waals surface area contributed by atoms with Crippen molar-refractivity contribution in [1.82, 2.24) is 15.3 Å². The van der Waals surface area contributed by atoms with Gasteiger partial charge in [-0.3, -0.25) is 15.0 Å². The zero-order valence-corrected chi connectivity index (χ0v) is 17.5. The number of ether oxygens (including phenoxy) is 2. The number of hydrogen-bond acceptors (Lipinski definition) is 7. The van der Waals surface area contributed by atoms with Crippen LogP contribution in [-0.2, 0) is 10.2 Å². The molecule has 1 amide bonds. The number of aromatic nitrogens is 2. The minimum atomic E-state index is -1.56. The maximum Gasteiger partial charge on any atom is 0.251 e. The van der Waals surface area contributed by atoms with E-state index in [-0.39, 0.29) is 17.1 Å². The molecular weight excluding hydrogens is 372 g/mol. The molecule has 1 unspecified atom stereocenters. The van der Waals surface area contributed by atoms with Crippen LogP contribution in [0.4, 0.5) is 5.82 Å². The van der Waals surface area contributed by atoms with Crippen molar-refractivity contribution in [2.75, 3.05) is 11.5 Å². The van der Waals surface area contributed by atoms with Gasteiger partial charge in [-0.05, 0) is 39.3 Å². The lowest BCUT2D eigenvalue weighted by molar-refractivity contribution is -0.121. The Morgan fingerprint density at radius 1 is 1.17 bits per heavy atom. The lowest BCUT2D eigenvalue weighted by Crippen LogP contribution is -2.51. The molecule has 2 aliphatic rings. The number of amides is 1. The van der Waals surface area contributed by atoms with Gasteiger partial charge in [0, 0.05) is 11.0 Å². The van der Waals surface area contributed by atoms with Crippen LogP contribution in [0.3, 0.4) is 0 Å². The number of carbonyl (C=O) groups is 1. The third-order valence-electron chi connectivity index (χ3n) is 5.35. The van der Waals surface area contributed by atoms with Gasteiger partial charge in [-0.25, -0.2) is 9.97 Å². The first-order valence-electron chi connectivity index (χ1n) is 9.55. The van der Waals surface area contributed by atoms with Crippen molar-refractivity contribution in [3.8, 4) is 17.4 Å². The second-order valence-electron chi connectivity index (χ2n) is 8.98. The Morgan fingerprint density at radius 3 is 2.48 bits per heavy atom. The number of benzene rings is 1. The summed E-state index contributed by atoms with van der Waals surface area (Å²) >= 11 is 0. The van der Waals surface area contributed by atoms with E-state index in [9.17, 15) is 9.90 Å². The standard InChI is InChI=1S/C21H26N4O4/c1-12-7-8-13(16-17(12)28-11-19(16,2)3)29-15-10-22-14(9-23-15)25-18(26)20(4,5)24-21(25,6)27/h7-10,24,27H,11H2,1-6H3. The summed E-state index contributed by atoms with van der Waals surface area (Å²) in [7, 11) is 0. The summed E-state index contributed by atoms with van der Waals surface area (Å²) in [4.78, 5) is 22.4. The average Bonchev–Trinajstić information content (AvgIpc) is 3.02. The lowest BCUT2D eigenvalue weighted by Gasteiger charge is -2.28. The van der Waals surface area contributed by atoms with Crippen LogP contribution >= 0.6 is 0 Å². The highest BCUT2D eigenvalue weighted by Gasteiger charge is 2.52. The molecule has 3 heterocycles. The van der Waals surface area contributed by atoms with Gasteiger partial charge >= 0.3 is 0 Å². The second-order valence-corrected chi connectivity index (χ2v) is 8.98. The Hall–Kier alpha value is -2.71. The van der Waals surface area contributed by atoms with Crippen molar-refractivity contribution in [3.05, 3.63) is 35.7 Å². The van der Waals surface area contributed by atoms with Gasteiger partial charge in [0.05, 0.1) is 24.5 Å². The van der Waals surface area contributed by atoms with E-state index >= 15 is 0 Å². The number of aliphatic hydroxyl groups is 1. The van der Waals surface area contributed by atoms with E-state index in [0.29, 0.717) is 18.2 Å². The molecule has 1 saturated heterocycles. The van der Waals surface area contributed by atoms with E-state index < -0.39 is 11.4 Å². The molecule has 0 bridgehead atoms. The summed E-state index contributed by atoms with van der Waals surface area (Å²) in [5.74, 6) is 0.202. The van der Waals surface area contributed by atoms with Gasteiger partial charge < -0.3 is 14.6 Å². The fourth-order valence-corrected chi connectivity index (χ4v) is 4.00. The second kappa shape index (κ2) is 6.14. The minimum Gasteiger partial charge on any atom is -0.492 e. The zero-order chi connectivity index (χ0) is 21.2. The maximum absolute atomic E-state index is 12.6. The molecule has 154 valence electrons. The first kappa shape index (κ1) is 19.6. The van der Waals surface area contributed by atoms with E-state index in [4.69, 9.17) is 9.47 Å². The van der Waals surface area contributed by atoms with E-state index in [2.05, 4.69) is 29.1 Å². The van der Waals surface area contributed by atoms with E-state index in [1.807, 2.05) is 19.1 Å². The molecule has 4 rings (SSSR count). The molecular formula is C21H26N4O4. The molecule has 0 spiro atoms. The summed E-state index contributed by atoms with van der Waals surface area (Å²) in [6.07, 6.45) is 2.86. The number of hydrogen-bond donors (Lipinski definition) is 2. The van der Waals surface area contributed by atoms with Gasteiger partial charge in [-0.2, -0.15) is 0 Å². The first-order valence-corrected chi connectivity index (χ1v) is 9.55. The van der Waals surface area contributed by atoms with Gasteiger partial charge in [-0.1, -0.05) is 19.9 Å². The summed E-state index contributed by atoms with van der Waals surface area (Å²) < 4.78 is 11.9. The van der Waals surface area contributed by atoms with Crippen molar-refractivity contribution in [3.63, 3.8) is 0 Å². The van der Waals surface area contributed by atoms with Crippen molar-refractivity contribution < 1.29 is 19.4 Å². The van der Waals surface area contributed by atoms with Crippen molar-refractivity contribution in [2.45, 2.75) is 58.3 Å². The Balaban J connectivity index is 1.63. The van der Waals surface area contributed by atoms with Crippen LogP contribution in [0.15, 0.2) is 24.5 Å². The van der Waals surface area contributed by atoms with Crippen LogP contribution in [0.2, 0.25) is 0 Å². The SMILES string of the molecule is Cc1ccc(Oc2cnc(N3C(=O)C(C)(C)NC3(C)O)cn2)c2c1OCC2(C)C. The lowest BCUT2D eigenvalue weighted by atomic mass is 9.85. The number of aryl methyl sites for hydroxylation is 1. The zero-order valence-electron chi connectivity index (χ0n) is 17.5. The number of nitrogens with zero attached hydrogens (tertiary/aromatic N) is 3. The Kier molecular flexibility index (Phi) is 4.15. The van der Waals surface area contributed by atoms with Gasteiger partial charge in [0.15, 0.2) is 5.82 Å². The Morgan fingerprint density at radius 2 is 1.90 bits per heavy atom. The Bertz CT molecular complexity index is 983. The van der Waals surface area contributed by atoms with Crippen LogP contribution in [0.5, 0.6) is 17.4 Å². The molecule has 1 aromatic heterocycles. The molecule has 0 aliphatic carbocycles. The molecule has 1 aromatic carbocycles. The average molecular weight is 398 g/mol. The highest BCUT2D eigenvalue weighted by atomic mass is 16.5. The fraction of sp³-hybridized carbons (Fsp3) is 0.476. The summed E-state index contributed by atoms with van der Waals surface area (Å²) in [5, 5.41) is 13.5. The topological polar surface area (TPSA) is 96.8 Å². The summed E-state index contributed by atoms with van der Waals surface area (Å²) in [5.41, 5.74) is 0.979. The van der Waals surface area contributed by atoms with Crippen LogP contribution < -0.4 is 19.7 Å². The van der Waals surface area contributed by atoms with Gasteiger partial charge in [0.25, 0.3) is 5.91 Å². The molecule has 2 N–H and O–H groups in total. The van der Waals surface area contributed by atoms with E-state index in [1.165, 1.54) is 24.2 Å². The van der Waals surface area contributed by atoms with Crippen LogP contribution in [-0.4, -0.2) is 39.0 Å². The number of nitrogens with one attached hydrogen (secondary N) is 1. The number of anilines is 1. The predicted molar refractivity (Wildman–Crippen MR) is 107 cm³/mol. The first-order chi connectivity index (χ1) is 13.4. The molecule has 1 fully saturated rings. The van der Waals surface area contributed by atoms with Crippen molar-refractivity contribution in [1.29, 1.82) is 0 Å². The quantitative estimate of drug-likeness (QED) is 0.820. The van der Waals surface area contributed by atoms with E-state index in [1.54, 1.807) is 13.8 Å². The number of rotatable bonds is 3. The third kappa shape index (κ3) is 3.12. The molecule has 2 aliphatic heterocycles. The highest BCUT2D eigenvalue weighted by molar-refractivity contribution is 6.02. The molecule has 0 saturated carbocycles. The normalized spacial score (nSPS) is 24.4. The minimum absolute atomic E-state index is 0.179. The van der Waals surface area contributed by atoms with Crippen LogP contribution in [0.1, 0.15) is 45.7 Å². The van der Waals surface area contributed by atoms with Crippen LogP contribution in [0, 0.1) is 6.92 Å². The summed E-state index contributed by atoms with van der Waals surface area (Å²) in [6, 6.07) is 3.85. The molecule has 0 radical (unpaired) electrons. The third-order valence-corrected chi connectivity index (χ3v) is 5.35. The predicted octanol–water partition coefficient (Wildman–Crippen LogP) is 2.63. The van der Waals surface area contributed by atoms with Crippen LogP contribution in [0.25, 0.3) is 0 Å². The molecule has 29 heavy (non-hydrogen) atoms. The molecule has 8 heteroatoms.